The largest absolute Gasteiger partial charge is 0.450 e. The molecule has 9 amide bonds. The number of Topliss-reactive ketones (excluding diaryl/α,β-unsaturated/α-hetero) is 1. The number of aliphatic hydroxyl groups excluding tert-OH is 3. The molecule has 0 aromatic heterocycles. The number of hydrazine groups is 2. The van der Waals surface area contributed by atoms with Crippen molar-refractivity contribution in [3.63, 3.8) is 0 Å². The topological polar surface area (TPSA) is 473 Å². The van der Waals surface area contributed by atoms with Crippen molar-refractivity contribution in [2.75, 3.05) is 51.2 Å². The molecule has 8 aliphatic rings. The fraction of sp³-hybridized carbons (Fsp3) is 0.652. The molecule has 10 rings (SSSR count). The van der Waals surface area contributed by atoms with E-state index in [9.17, 15) is 63.9 Å². The fourth-order valence-corrected chi connectivity index (χ4v) is 15.3. The van der Waals surface area contributed by atoms with Gasteiger partial charge in [-0.2, -0.15) is 0 Å². The predicted octanol–water partition coefficient (Wildman–Crippen LogP) is -3.52. The molecule has 1 saturated carbocycles. The average molecular weight is 1440 g/mol. The summed E-state index contributed by atoms with van der Waals surface area (Å²) in [4.78, 5) is 177. The molecule has 6 fully saturated rings. The summed E-state index contributed by atoms with van der Waals surface area (Å²) in [5.74, 6) is -17.4. The van der Waals surface area contributed by atoms with E-state index in [1.165, 1.54) is 28.1 Å². The van der Waals surface area contributed by atoms with Gasteiger partial charge in [-0.05, 0) is 92.2 Å². The highest BCUT2D eigenvalue weighted by Crippen LogP contribution is 2.56. The van der Waals surface area contributed by atoms with E-state index >= 15 is 19.2 Å². The molecule has 20 atom stereocenters. The normalized spacial score (nSPS) is 34.2. The second kappa shape index (κ2) is 30.7. The first kappa shape index (κ1) is 77.1. The maximum atomic E-state index is 15.5. The molecule has 0 spiro atoms. The predicted molar refractivity (Wildman–Crippen MR) is 361 cm³/mol. The van der Waals surface area contributed by atoms with Crippen LogP contribution in [0.1, 0.15) is 112 Å². The van der Waals surface area contributed by atoms with Crippen LogP contribution in [0.4, 0.5) is 11.4 Å². The van der Waals surface area contributed by atoms with E-state index in [4.69, 9.17) is 18.9 Å². The Kier molecular flexibility index (Phi) is 23.0. The van der Waals surface area contributed by atoms with Gasteiger partial charge in [0, 0.05) is 62.7 Å². The lowest BCUT2D eigenvalue weighted by atomic mass is 9.83. The molecule has 15 N–H and O–H groups in total. The molecule has 103 heavy (non-hydrogen) atoms. The lowest BCUT2D eigenvalue weighted by molar-refractivity contribution is -0.172. The van der Waals surface area contributed by atoms with Crippen molar-refractivity contribution in [2.45, 2.75) is 210 Å². The van der Waals surface area contributed by atoms with Crippen LogP contribution in [0.2, 0.25) is 0 Å². The zero-order valence-electron chi connectivity index (χ0n) is 59.6. The Labute approximate surface area is 594 Å². The summed E-state index contributed by atoms with van der Waals surface area (Å²) in [5.41, 5.74) is 2.89. The summed E-state index contributed by atoms with van der Waals surface area (Å²) in [6, 6.07) is -5.97. The summed E-state index contributed by atoms with van der Waals surface area (Å²) >= 11 is 0. The SMILES string of the molecule is COCC1NC(=O)[C@H]2CCCNN2C(=O)[C@H](C(C)C)OC(=O)[C@@H](C(C)C)NC(=O)[C@@H]2C[C@@]3(O)c4cc(-c5ccc6c(c5)[C@]5(O)C[C@H]7C(=O)N[C@H](C(C)C)C(=O)O[C@@H](C(C)C)C(=O)N8NC[C@H](O)C[C@@H]8C(=O)N[C@@H](COC)C(=O)N[C@H]([C@H](C)O)C(=O)N7[C@@H]5N6)ccc4N[C@H]3C2C(=O)[C@@H]([C@H](C)O)NC1=O. The number of rotatable bonds is 11. The number of aliphatic hydroxyl groups is 5. The Morgan fingerprint density at radius 1 is 0.524 bits per heavy atom. The molecule has 0 bridgehead atoms. The second-order valence-electron chi connectivity index (χ2n) is 29.6. The number of hydrogen-bond acceptors (Lipinski definition) is 25. The molecule has 34 heteroatoms. The van der Waals surface area contributed by atoms with E-state index in [0.717, 1.165) is 14.9 Å². The van der Waals surface area contributed by atoms with E-state index < -0.39 is 241 Å². The number of ketones is 1. The summed E-state index contributed by atoms with van der Waals surface area (Å²) in [6.45, 7) is 14.3. The van der Waals surface area contributed by atoms with Crippen LogP contribution in [0.5, 0.6) is 0 Å². The number of amides is 9. The number of carbonyl (C=O) groups is 12. The Morgan fingerprint density at radius 2 is 1.00 bits per heavy atom. The van der Waals surface area contributed by atoms with Crippen LogP contribution in [0, 0.1) is 35.5 Å². The average Bonchev–Trinajstić information content (AvgIpc) is 1.55. The number of esters is 2. The van der Waals surface area contributed by atoms with Crippen LogP contribution >= 0.6 is 0 Å². The van der Waals surface area contributed by atoms with Crippen molar-refractivity contribution >= 4 is 82.3 Å². The van der Waals surface area contributed by atoms with Crippen molar-refractivity contribution in [2.24, 2.45) is 35.5 Å². The molecule has 2 aromatic carbocycles. The van der Waals surface area contributed by atoms with E-state index in [1.54, 1.807) is 91.8 Å². The van der Waals surface area contributed by atoms with Crippen molar-refractivity contribution in [1.29, 1.82) is 0 Å². The molecular formula is C69H97N13O21. The van der Waals surface area contributed by atoms with Gasteiger partial charge in [0.25, 0.3) is 11.8 Å². The molecule has 564 valence electrons. The third-order valence-corrected chi connectivity index (χ3v) is 20.9. The van der Waals surface area contributed by atoms with Crippen LogP contribution in [0.25, 0.3) is 11.1 Å². The number of anilines is 2. The van der Waals surface area contributed by atoms with Crippen molar-refractivity contribution in [1.82, 2.24) is 57.7 Å². The summed E-state index contributed by atoms with van der Waals surface area (Å²) in [5, 5.41) is 84.3. The van der Waals surface area contributed by atoms with E-state index in [-0.39, 0.29) is 42.7 Å². The number of nitrogens with zero attached hydrogens (tertiary/aromatic N) is 3. The Morgan fingerprint density at radius 3 is 1.51 bits per heavy atom. The van der Waals surface area contributed by atoms with Crippen LogP contribution < -0.4 is 53.4 Å². The molecule has 1 aliphatic carbocycles. The van der Waals surface area contributed by atoms with Crippen LogP contribution in [0.3, 0.4) is 0 Å². The van der Waals surface area contributed by atoms with Gasteiger partial charge in [-0.3, -0.25) is 58.0 Å². The van der Waals surface area contributed by atoms with Gasteiger partial charge >= 0.3 is 11.9 Å². The molecule has 7 aliphatic heterocycles. The highest BCUT2D eigenvalue weighted by molar-refractivity contribution is 6.02. The molecule has 5 saturated heterocycles. The van der Waals surface area contributed by atoms with Crippen LogP contribution in [-0.2, 0) is 87.7 Å². The van der Waals surface area contributed by atoms with Gasteiger partial charge in [0.05, 0.1) is 49.4 Å². The fourth-order valence-electron chi connectivity index (χ4n) is 15.3. The third kappa shape index (κ3) is 14.9. The molecule has 7 heterocycles. The van der Waals surface area contributed by atoms with Gasteiger partial charge in [0.15, 0.2) is 18.0 Å². The smallest absolute Gasteiger partial charge is 0.329 e. The van der Waals surface area contributed by atoms with Gasteiger partial charge < -0.3 is 91.9 Å². The minimum atomic E-state index is -2.21. The Bertz CT molecular complexity index is 3660. The highest BCUT2D eigenvalue weighted by atomic mass is 16.6. The van der Waals surface area contributed by atoms with Gasteiger partial charge in [-0.1, -0.05) is 67.5 Å². The first-order chi connectivity index (χ1) is 48.6. The van der Waals surface area contributed by atoms with Gasteiger partial charge in [0.1, 0.15) is 71.7 Å². The van der Waals surface area contributed by atoms with Gasteiger partial charge in [0.2, 0.25) is 41.4 Å². The second-order valence-corrected chi connectivity index (χ2v) is 29.6. The van der Waals surface area contributed by atoms with Crippen molar-refractivity contribution in [3.8, 4) is 11.1 Å². The van der Waals surface area contributed by atoms with E-state index in [2.05, 4.69) is 53.4 Å². The molecule has 34 nitrogen and oxygen atoms in total. The number of β-amino-alcohol motifs (C(OH)–C–C–N with tert-alkyl or cyclic N) is 1. The minimum absolute atomic E-state index is 0.128. The lowest BCUT2D eigenvalue weighted by Gasteiger charge is -2.40. The minimum Gasteiger partial charge on any atom is -0.450 e. The number of cyclic esters (lactones) is 2. The third-order valence-electron chi connectivity index (χ3n) is 20.9. The summed E-state index contributed by atoms with van der Waals surface area (Å²) in [7, 11) is 2.49. The van der Waals surface area contributed by atoms with E-state index in [0.29, 0.717) is 23.2 Å². The molecule has 2 unspecified atom stereocenters. The number of nitrogens with one attached hydrogen (secondary N) is 10. The standard InChI is InChI=1S/C69H97N13O21/c1-28(2)48-65(96)102-53(30(5)6)63(94)81-44(14-13-19-70-81)59(90)73-42(26-100-11)57(88)78-50(32(9)83)52(86)47-37(56(87)76-48)23-68(98)38-20-34(15-17-40(38)72-55(47)68)35-16-18-41-39(21-35)69(99)24-46-61(92)77-49(29(3)4)66(97)103-54(31(7)8)64(95)82-45(22-36(85)25-71-82)60(91)74-43(27-101-12)58(89)79-51(33(10)84)62(93)80(46)67(69)75-41/h15-18,20-21,28-33,36-37,42-51,53-55,67,70-72,75,83-85,98-99H,13-14,19,22-27H2,1-12H3,(H,73,90)(H,74,91)(H,76,87)(H,77,92)(H,78,88)(H,79,89)/t32-,33-,36+,37+,42?,43-,44+,45+,46-,47?,48+,49+,50+,51+,53-,54-,55-,67-,68+,69+/m0/s1. The maximum Gasteiger partial charge on any atom is 0.329 e. The number of carbonyl (C=O) groups excluding carboxylic acids is 12. The number of benzene rings is 2. The number of hydrogen-bond donors (Lipinski definition) is 15. The van der Waals surface area contributed by atoms with Crippen LogP contribution in [-0.4, -0.2) is 249 Å². The lowest BCUT2D eigenvalue weighted by Crippen LogP contribution is -2.67. The number of ether oxygens (including phenoxy) is 4. The first-order valence-electron chi connectivity index (χ1n) is 35.1. The van der Waals surface area contributed by atoms with Crippen LogP contribution in [0.15, 0.2) is 36.4 Å². The number of methoxy groups -OCH3 is 2. The zero-order chi connectivity index (χ0) is 75.3. The Balaban J connectivity index is 1.01. The quantitative estimate of drug-likeness (QED) is 0.0970. The van der Waals surface area contributed by atoms with E-state index in [1.807, 2.05) is 0 Å². The zero-order valence-corrected chi connectivity index (χ0v) is 59.6. The monoisotopic (exact) mass is 1440 g/mol. The van der Waals surface area contributed by atoms with Crippen molar-refractivity contribution in [3.05, 3.63) is 47.5 Å². The highest BCUT2D eigenvalue weighted by Gasteiger charge is 2.65. The summed E-state index contributed by atoms with van der Waals surface area (Å²) in [6.07, 6.45) is -10.0. The maximum absolute atomic E-state index is 15.5. The molecule has 0 radical (unpaired) electrons. The van der Waals surface area contributed by atoms with Gasteiger partial charge in [-0.25, -0.2) is 20.4 Å². The number of fused-ring (bicyclic) bond motifs is 12. The molecule has 2 aromatic rings. The van der Waals surface area contributed by atoms with Crippen molar-refractivity contribution < 1.29 is 102 Å². The summed E-state index contributed by atoms with van der Waals surface area (Å²) < 4.78 is 22.5. The molecular weight excluding hydrogens is 1350 g/mol. The Hall–Kier alpha value is -8.48. The van der Waals surface area contributed by atoms with Gasteiger partial charge in [-0.15, -0.1) is 0 Å². The first-order valence-corrected chi connectivity index (χ1v) is 35.1.